The molecule has 20 heavy (non-hydrogen) atoms. The maximum atomic E-state index is 6.05. The van der Waals surface area contributed by atoms with Crippen LogP contribution >= 0.6 is 0 Å². The van der Waals surface area contributed by atoms with Crippen molar-refractivity contribution in [3.8, 4) is 0 Å². The van der Waals surface area contributed by atoms with E-state index < -0.39 is 0 Å². The average molecular weight is 271 g/mol. The van der Waals surface area contributed by atoms with E-state index >= 15 is 0 Å². The number of rotatable bonds is 3. The summed E-state index contributed by atoms with van der Waals surface area (Å²) >= 11 is 0. The first-order valence-corrected chi connectivity index (χ1v) is 7.16. The van der Waals surface area contributed by atoms with Crippen LogP contribution in [0.1, 0.15) is 12.8 Å². The van der Waals surface area contributed by atoms with Crippen LogP contribution in [0.4, 0.5) is 11.4 Å². The van der Waals surface area contributed by atoms with Crippen LogP contribution in [0.25, 0.3) is 10.9 Å². The summed E-state index contributed by atoms with van der Waals surface area (Å²) in [6.07, 6.45) is 4.28. The van der Waals surface area contributed by atoms with Crippen molar-refractivity contribution in [2.45, 2.75) is 12.8 Å². The molecule has 1 saturated heterocycles. The lowest BCUT2D eigenvalue weighted by Gasteiger charge is -2.34. The number of hydrogen-bond donors (Lipinski definition) is 1. The molecule has 1 aromatic heterocycles. The number of nitrogen functional groups attached to an aromatic ring is 1. The number of nitrogens with zero attached hydrogens (tertiary/aromatic N) is 2. The molecule has 1 aliphatic heterocycles. The molecule has 1 aromatic carbocycles. The first-order valence-electron chi connectivity index (χ1n) is 7.16. The van der Waals surface area contributed by atoms with Gasteiger partial charge in [-0.1, -0.05) is 0 Å². The summed E-state index contributed by atoms with van der Waals surface area (Å²) in [4.78, 5) is 6.95. The van der Waals surface area contributed by atoms with Gasteiger partial charge in [0, 0.05) is 37.5 Å². The van der Waals surface area contributed by atoms with E-state index in [0.717, 1.165) is 36.3 Å². The lowest BCUT2D eigenvalue weighted by atomic mass is 9.98. The van der Waals surface area contributed by atoms with Crippen LogP contribution in [0.2, 0.25) is 0 Å². The van der Waals surface area contributed by atoms with Gasteiger partial charge in [0.1, 0.15) is 0 Å². The third-order valence-corrected chi connectivity index (χ3v) is 4.04. The Bertz CT molecular complexity index is 597. The van der Waals surface area contributed by atoms with E-state index in [1.165, 1.54) is 18.5 Å². The highest BCUT2D eigenvalue weighted by Crippen LogP contribution is 2.31. The molecule has 0 aliphatic carbocycles. The highest BCUT2D eigenvalue weighted by atomic mass is 16.5. The van der Waals surface area contributed by atoms with Crippen LogP contribution in [0.5, 0.6) is 0 Å². The Hall–Kier alpha value is -1.81. The van der Waals surface area contributed by atoms with Crippen molar-refractivity contribution in [1.82, 2.24) is 4.98 Å². The van der Waals surface area contributed by atoms with Gasteiger partial charge >= 0.3 is 0 Å². The van der Waals surface area contributed by atoms with Crippen LogP contribution in [0.15, 0.2) is 30.5 Å². The molecule has 4 heteroatoms. The molecule has 0 spiro atoms. The number of fused-ring (bicyclic) bond motifs is 1. The fourth-order valence-corrected chi connectivity index (χ4v) is 3.09. The van der Waals surface area contributed by atoms with Crippen LogP contribution in [0, 0.1) is 5.92 Å². The van der Waals surface area contributed by atoms with E-state index in [4.69, 9.17) is 10.5 Å². The molecular weight excluding hydrogens is 250 g/mol. The standard InChI is InChI=1S/C16H21N3O/c1-20-11-12-4-3-9-19(10-12)15-7-6-14(17)13-5-2-8-18-16(13)15/h2,5-8,12H,3-4,9-11,17H2,1H3. The van der Waals surface area contributed by atoms with E-state index in [1.807, 2.05) is 24.4 Å². The van der Waals surface area contributed by atoms with Crippen molar-refractivity contribution < 1.29 is 4.74 Å². The molecule has 0 bridgehead atoms. The number of ether oxygens (including phenoxy) is 1. The number of anilines is 2. The zero-order chi connectivity index (χ0) is 13.9. The molecule has 1 fully saturated rings. The Morgan fingerprint density at radius 3 is 3.15 bits per heavy atom. The Balaban J connectivity index is 1.95. The minimum absolute atomic E-state index is 0.602. The second-order valence-electron chi connectivity index (χ2n) is 5.48. The highest BCUT2D eigenvalue weighted by molar-refractivity contribution is 5.98. The molecule has 0 radical (unpaired) electrons. The zero-order valence-electron chi connectivity index (χ0n) is 11.9. The summed E-state index contributed by atoms with van der Waals surface area (Å²) in [5.74, 6) is 0.602. The van der Waals surface area contributed by atoms with Crippen molar-refractivity contribution >= 4 is 22.3 Å². The first kappa shape index (κ1) is 13.2. The van der Waals surface area contributed by atoms with Crippen LogP contribution in [-0.2, 0) is 4.74 Å². The van der Waals surface area contributed by atoms with E-state index in [1.54, 1.807) is 7.11 Å². The van der Waals surface area contributed by atoms with Gasteiger partial charge in [-0.25, -0.2) is 0 Å². The first-order chi connectivity index (χ1) is 9.79. The van der Waals surface area contributed by atoms with Crippen LogP contribution in [-0.4, -0.2) is 31.8 Å². The molecule has 3 rings (SSSR count). The minimum atomic E-state index is 0.602. The largest absolute Gasteiger partial charge is 0.398 e. The number of aromatic nitrogens is 1. The molecular formula is C16H21N3O. The fraction of sp³-hybridized carbons (Fsp3) is 0.438. The third kappa shape index (κ3) is 2.43. The summed E-state index contributed by atoms with van der Waals surface area (Å²) in [6, 6.07) is 8.06. The zero-order valence-corrected chi connectivity index (χ0v) is 11.9. The number of nitrogens with two attached hydrogens (primary N) is 1. The molecule has 1 aliphatic rings. The van der Waals surface area contributed by atoms with E-state index in [2.05, 4.69) is 16.0 Å². The molecule has 0 saturated carbocycles. The van der Waals surface area contributed by atoms with Gasteiger partial charge in [-0.2, -0.15) is 0 Å². The predicted octanol–water partition coefficient (Wildman–Crippen LogP) is 2.68. The minimum Gasteiger partial charge on any atom is -0.398 e. The summed E-state index contributed by atoms with van der Waals surface area (Å²) in [5.41, 5.74) is 9.04. The van der Waals surface area contributed by atoms with Gasteiger partial charge in [-0.15, -0.1) is 0 Å². The maximum Gasteiger partial charge on any atom is 0.0955 e. The summed E-state index contributed by atoms with van der Waals surface area (Å²) in [7, 11) is 1.78. The molecule has 1 atom stereocenters. The molecule has 106 valence electrons. The number of piperidine rings is 1. The van der Waals surface area contributed by atoms with E-state index in [-0.39, 0.29) is 0 Å². The van der Waals surface area contributed by atoms with Gasteiger partial charge in [0.15, 0.2) is 0 Å². The van der Waals surface area contributed by atoms with E-state index in [9.17, 15) is 0 Å². The number of benzene rings is 1. The lowest BCUT2D eigenvalue weighted by Crippen LogP contribution is -2.37. The Labute approximate surface area is 119 Å². The van der Waals surface area contributed by atoms with Gasteiger partial charge in [0.2, 0.25) is 0 Å². The summed E-state index contributed by atoms with van der Waals surface area (Å²) in [6.45, 7) is 2.94. The Morgan fingerprint density at radius 2 is 2.30 bits per heavy atom. The second-order valence-corrected chi connectivity index (χ2v) is 5.48. The van der Waals surface area contributed by atoms with Crippen molar-refractivity contribution in [1.29, 1.82) is 0 Å². The predicted molar refractivity (Wildman–Crippen MR) is 83.0 cm³/mol. The van der Waals surface area contributed by atoms with Crippen LogP contribution in [0.3, 0.4) is 0 Å². The number of pyridine rings is 1. The number of methoxy groups -OCH3 is 1. The van der Waals surface area contributed by atoms with Crippen molar-refractivity contribution in [2.24, 2.45) is 5.92 Å². The molecule has 0 amide bonds. The Morgan fingerprint density at radius 1 is 1.40 bits per heavy atom. The third-order valence-electron chi connectivity index (χ3n) is 4.04. The molecule has 2 N–H and O–H groups in total. The van der Waals surface area contributed by atoms with E-state index in [0.29, 0.717) is 5.92 Å². The monoisotopic (exact) mass is 271 g/mol. The van der Waals surface area contributed by atoms with Crippen LogP contribution < -0.4 is 10.6 Å². The highest BCUT2D eigenvalue weighted by Gasteiger charge is 2.21. The van der Waals surface area contributed by atoms with Gasteiger partial charge in [0.25, 0.3) is 0 Å². The Kier molecular flexibility index (Phi) is 3.74. The van der Waals surface area contributed by atoms with Crippen molar-refractivity contribution in [2.75, 3.05) is 37.4 Å². The van der Waals surface area contributed by atoms with Gasteiger partial charge in [-0.05, 0) is 43.0 Å². The smallest absolute Gasteiger partial charge is 0.0955 e. The fourth-order valence-electron chi connectivity index (χ4n) is 3.09. The van der Waals surface area contributed by atoms with Gasteiger partial charge < -0.3 is 15.4 Å². The molecule has 4 nitrogen and oxygen atoms in total. The SMILES string of the molecule is COCC1CCCN(c2ccc(N)c3cccnc23)C1. The quantitative estimate of drug-likeness (QED) is 0.872. The second kappa shape index (κ2) is 5.67. The molecule has 2 aromatic rings. The average Bonchev–Trinajstić information content (AvgIpc) is 2.49. The van der Waals surface area contributed by atoms with Gasteiger partial charge in [0.05, 0.1) is 17.8 Å². The normalized spacial score (nSPS) is 19.4. The van der Waals surface area contributed by atoms with Crippen molar-refractivity contribution in [3.05, 3.63) is 30.5 Å². The van der Waals surface area contributed by atoms with Crippen molar-refractivity contribution in [3.63, 3.8) is 0 Å². The maximum absolute atomic E-state index is 6.05. The van der Waals surface area contributed by atoms with Gasteiger partial charge in [-0.3, -0.25) is 4.98 Å². The molecule has 1 unspecified atom stereocenters. The lowest BCUT2D eigenvalue weighted by molar-refractivity contribution is 0.143. The summed E-state index contributed by atoms with van der Waals surface area (Å²) < 4.78 is 5.31. The topological polar surface area (TPSA) is 51.4 Å². The summed E-state index contributed by atoms with van der Waals surface area (Å²) in [5, 5.41) is 1.04. The molecule has 2 heterocycles. The number of hydrogen-bond acceptors (Lipinski definition) is 4.